The minimum atomic E-state index is -0.421. The molecule has 2 atom stereocenters. The zero-order chi connectivity index (χ0) is 12.5. The molecule has 0 spiro atoms. The van der Waals surface area contributed by atoms with Gasteiger partial charge in [0.1, 0.15) is 11.6 Å². The number of nitrogens with one attached hydrogen (secondary N) is 1. The quantitative estimate of drug-likeness (QED) is 0.795. The highest BCUT2D eigenvalue weighted by atomic mass is 16.6. The minimum Gasteiger partial charge on any atom is -0.459 e. The molecule has 0 aromatic heterocycles. The Morgan fingerprint density at radius 2 is 1.94 bits per heavy atom. The van der Waals surface area contributed by atoms with Gasteiger partial charge < -0.3 is 10.1 Å². The first-order valence-electron chi connectivity index (χ1n) is 5.98. The minimum absolute atomic E-state index is 0.155. The average molecular weight is 233 g/mol. The van der Waals surface area contributed by atoms with E-state index < -0.39 is 5.60 Å². The second-order valence-electron chi connectivity index (χ2n) is 5.44. The van der Waals surface area contributed by atoms with Gasteiger partial charge in [-0.2, -0.15) is 0 Å². The van der Waals surface area contributed by atoms with Gasteiger partial charge in [-0.25, -0.2) is 0 Å². The molecule has 1 fully saturated rings. The number of benzene rings is 1. The molecule has 3 heteroatoms. The molecule has 1 aromatic rings. The highest BCUT2D eigenvalue weighted by molar-refractivity contribution is 5.79. The van der Waals surface area contributed by atoms with Crippen molar-refractivity contribution in [2.75, 3.05) is 6.54 Å². The van der Waals surface area contributed by atoms with E-state index in [0.29, 0.717) is 0 Å². The Morgan fingerprint density at radius 1 is 1.29 bits per heavy atom. The van der Waals surface area contributed by atoms with Crippen molar-refractivity contribution in [3.63, 3.8) is 0 Å². The van der Waals surface area contributed by atoms with Crippen LogP contribution in [0.15, 0.2) is 30.3 Å². The maximum Gasteiger partial charge on any atom is 0.324 e. The first kappa shape index (κ1) is 12.1. The Kier molecular flexibility index (Phi) is 3.20. The molecule has 0 bridgehead atoms. The fraction of sp³-hybridized carbons (Fsp3) is 0.500. The van der Waals surface area contributed by atoms with Crippen LogP contribution in [0, 0.1) is 0 Å². The molecule has 0 radical (unpaired) electrons. The molecule has 0 saturated carbocycles. The van der Waals surface area contributed by atoms with Gasteiger partial charge in [0.15, 0.2) is 0 Å². The zero-order valence-corrected chi connectivity index (χ0v) is 10.6. The Bertz CT molecular complexity index is 394. The van der Waals surface area contributed by atoms with E-state index in [0.717, 1.165) is 6.54 Å². The summed E-state index contributed by atoms with van der Waals surface area (Å²) < 4.78 is 5.39. The van der Waals surface area contributed by atoms with Crippen LogP contribution in [0.1, 0.15) is 32.3 Å². The summed E-state index contributed by atoms with van der Waals surface area (Å²) in [7, 11) is 0. The van der Waals surface area contributed by atoms with Crippen molar-refractivity contribution in [1.82, 2.24) is 5.32 Å². The summed E-state index contributed by atoms with van der Waals surface area (Å²) in [6.07, 6.45) is 0. The van der Waals surface area contributed by atoms with Gasteiger partial charge in [-0.1, -0.05) is 30.3 Å². The van der Waals surface area contributed by atoms with Gasteiger partial charge >= 0.3 is 5.97 Å². The van der Waals surface area contributed by atoms with E-state index in [1.165, 1.54) is 5.56 Å². The van der Waals surface area contributed by atoms with Crippen LogP contribution in [-0.2, 0) is 9.53 Å². The first-order valence-corrected chi connectivity index (χ1v) is 5.98. The molecule has 1 aliphatic rings. The van der Waals surface area contributed by atoms with Crippen molar-refractivity contribution in [3.8, 4) is 0 Å². The molecule has 92 valence electrons. The van der Waals surface area contributed by atoms with Crippen molar-refractivity contribution in [2.24, 2.45) is 0 Å². The maximum atomic E-state index is 11.9. The lowest BCUT2D eigenvalue weighted by atomic mass is 9.85. The molecule has 2 rings (SSSR count). The van der Waals surface area contributed by atoms with E-state index in [9.17, 15) is 4.79 Å². The van der Waals surface area contributed by atoms with E-state index in [-0.39, 0.29) is 17.9 Å². The molecule has 1 aromatic carbocycles. The van der Waals surface area contributed by atoms with Crippen molar-refractivity contribution >= 4 is 5.97 Å². The predicted molar refractivity (Wildman–Crippen MR) is 66.8 cm³/mol. The summed E-state index contributed by atoms with van der Waals surface area (Å²) in [5.74, 6) is 0.0867. The third-order valence-corrected chi connectivity index (χ3v) is 2.85. The molecule has 1 heterocycles. The Morgan fingerprint density at radius 3 is 2.41 bits per heavy atom. The third kappa shape index (κ3) is 2.86. The summed E-state index contributed by atoms with van der Waals surface area (Å²) in [5.41, 5.74) is 0.775. The summed E-state index contributed by atoms with van der Waals surface area (Å²) in [5, 5.41) is 3.14. The number of carbonyl (C=O) groups excluding carboxylic acids is 1. The van der Waals surface area contributed by atoms with Crippen LogP contribution in [0.4, 0.5) is 0 Å². The van der Waals surface area contributed by atoms with Crippen LogP contribution in [0.25, 0.3) is 0 Å². The van der Waals surface area contributed by atoms with Crippen molar-refractivity contribution < 1.29 is 9.53 Å². The van der Waals surface area contributed by atoms with Gasteiger partial charge in [-0.15, -0.1) is 0 Å². The smallest absolute Gasteiger partial charge is 0.324 e. The summed E-state index contributed by atoms with van der Waals surface area (Å²) >= 11 is 0. The highest BCUT2D eigenvalue weighted by Crippen LogP contribution is 2.27. The van der Waals surface area contributed by atoms with Crippen molar-refractivity contribution in [3.05, 3.63) is 35.9 Å². The standard InChI is InChI=1S/C14H19NO2/c1-14(2,3)17-13(16)12-11(9-15-12)10-7-5-4-6-8-10/h4-8,11-12,15H,9H2,1-3H3/t11-,12+/m0/s1. The largest absolute Gasteiger partial charge is 0.459 e. The lowest BCUT2D eigenvalue weighted by molar-refractivity contribution is -0.160. The molecule has 1 saturated heterocycles. The van der Waals surface area contributed by atoms with Crippen LogP contribution in [0.3, 0.4) is 0 Å². The van der Waals surface area contributed by atoms with Crippen LogP contribution >= 0.6 is 0 Å². The second-order valence-corrected chi connectivity index (χ2v) is 5.44. The van der Waals surface area contributed by atoms with Crippen molar-refractivity contribution in [1.29, 1.82) is 0 Å². The molecular weight excluding hydrogens is 214 g/mol. The van der Waals surface area contributed by atoms with Crippen LogP contribution in [-0.4, -0.2) is 24.2 Å². The van der Waals surface area contributed by atoms with E-state index >= 15 is 0 Å². The molecule has 0 amide bonds. The molecular formula is C14H19NO2. The van der Waals surface area contributed by atoms with E-state index in [1.54, 1.807) is 0 Å². The Balaban J connectivity index is 2.02. The SMILES string of the molecule is CC(C)(C)OC(=O)[C@@H]1NC[C@H]1c1ccccc1. The summed E-state index contributed by atoms with van der Waals surface area (Å²) in [4.78, 5) is 11.9. The van der Waals surface area contributed by atoms with Crippen LogP contribution in [0.5, 0.6) is 0 Å². The van der Waals surface area contributed by atoms with Crippen LogP contribution in [0.2, 0.25) is 0 Å². The van der Waals surface area contributed by atoms with Gasteiger partial charge in [0.2, 0.25) is 0 Å². The van der Waals surface area contributed by atoms with Gasteiger partial charge in [-0.3, -0.25) is 4.79 Å². The van der Waals surface area contributed by atoms with Gasteiger partial charge in [0, 0.05) is 12.5 Å². The predicted octanol–water partition coefficient (Wildman–Crippen LogP) is 2.08. The number of carbonyl (C=O) groups is 1. The first-order chi connectivity index (χ1) is 7.97. The number of ether oxygens (including phenoxy) is 1. The fourth-order valence-electron chi connectivity index (χ4n) is 1.98. The number of esters is 1. The molecule has 0 unspecified atom stereocenters. The van der Waals surface area contributed by atoms with E-state index in [2.05, 4.69) is 17.4 Å². The Hall–Kier alpha value is -1.35. The fourth-order valence-corrected chi connectivity index (χ4v) is 1.98. The van der Waals surface area contributed by atoms with Gasteiger partial charge in [0.05, 0.1) is 0 Å². The molecule has 0 aliphatic carbocycles. The number of hydrogen-bond acceptors (Lipinski definition) is 3. The summed E-state index contributed by atoms with van der Waals surface area (Å²) in [6, 6.07) is 9.90. The van der Waals surface area contributed by atoms with Crippen molar-refractivity contribution in [2.45, 2.75) is 38.3 Å². The van der Waals surface area contributed by atoms with Crippen LogP contribution < -0.4 is 5.32 Å². The third-order valence-electron chi connectivity index (χ3n) is 2.85. The highest BCUT2D eigenvalue weighted by Gasteiger charge is 2.39. The lowest BCUT2D eigenvalue weighted by Gasteiger charge is -2.38. The van der Waals surface area contributed by atoms with E-state index in [1.807, 2.05) is 39.0 Å². The van der Waals surface area contributed by atoms with E-state index in [4.69, 9.17) is 4.74 Å². The average Bonchev–Trinajstić information content (AvgIpc) is 2.14. The van der Waals surface area contributed by atoms with Gasteiger partial charge in [0.25, 0.3) is 0 Å². The lowest BCUT2D eigenvalue weighted by Crippen LogP contribution is -2.57. The van der Waals surface area contributed by atoms with Gasteiger partial charge in [-0.05, 0) is 26.3 Å². The maximum absolute atomic E-state index is 11.9. The molecule has 1 aliphatic heterocycles. The molecule has 1 N–H and O–H groups in total. The molecule has 17 heavy (non-hydrogen) atoms. The topological polar surface area (TPSA) is 38.3 Å². The second kappa shape index (κ2) is 4.49. The number of hydrogen-bond donors (Lipinski definition) is 1. The summed E-state index contributed by atoms with van der Waals surface area (Å²) in [6.45, 7) is 6.51. The Labute approximate surface area is 102 Å². The monoisotopic (exact) mass is 233 g/mol. The number of rotatable bonds is 2. The zero-order valence-electron chi connectivity index (χ0n) is 10.6. The normalized spacial score (nSPS) is 23.9. The molecule has 3 nitrogen and oxygen atoms in total.